The second-order valence-corrected chi connectivity index (χ2v) is 4.15. The summed E-state index contributed by atoms with van der Waals surface area (Å²) in [4.78, 5) is 11.1. The zero-order valence-electron chi connectivity index (χ0n) is 9.66. The molecule has 1 aliphatic carbocycles. The van der Waals surface area contributed by atoms with Gasteiger partial charge < -0.3 is 15.8 Å². The summed E-state index contributed by atoms with van der Waals surface area (Å²) in [6, 6.07) is 0.368. The zero-order chi connectivity index (χ0) is 11.3. The predicted octanol–water partition coefficient (Wildman–Crippen LogP) is 0.798. The molecule has 1 saturated carbocycles. The Morgan fingerprint density at radius 1 is 1.53 bits per heavy atom. The van der Waals surface area contributed by atoms with Gasteiger partial charge in [-0.2, -0.15) is 0 Å². The molecule has 0 heterocycles. The third kappa shape index (κ3) is 3.47. The van der Waals surface area contributed by atoms with Crippen molar-refractivity contribution in [3.63, 3.8) is 0 Å². The zero-order valence-corrected chi connectivity index (χ0v) is 9.66. The van der Waals surface area contributed by atoms with Crippen LogP contribution in [0.4, 0.5) is 0 Å². The van der Waals surface area contributed by atoms with Crippen molar-refractivity contribution in [1.29, 1.82) is 0 Å². The third-order valence-electron chi connectivity index (χ3n) is 3.10. The SMILES string of the molecule is CCC(OC1CCCCC1NC)C(N)=O. The Morgan fingerprint density at radius 3 is 2.73 bits per heavy atom. The van der Waals surface area contributed by atoms with E-state index in [-0.39, 0.29) is 12.0 Å². The molecule has 0 bridgehead atoms. The van der Waals surface area contributed by atoms with E-state index >= 15 is 0 Å². The lowest BCUT2D eigenvalue weighted by atomic mass is 9.92. The fourth-order valence-electron chi connectivity index (χ4n) is 2.17. The molecule has 1 aliphatic rings. The number of amides is 1. The number of likely N-dealkylation sites (N-methyl/N-ethyl adjacent to an activating group) is 1. The molecule has 4 heteroatoms. The predicted molar refractivity (Wildman–Crippen MR) is 59.5 cm³/mol. The van der Waals surface area contributed by atoms with Crippen molar-refractivity contribution in [3.8, 4) is 0 Å². The van der Waals surface area contributed by atoms with Gasteiger partial charge in [-0.15, -0.1) is 0 Å². The van der Waals surface area contributed by atoms with Crippen LogP contribution in [0.2, 0.25) is 0 Å². The molecule has 3 N–H and O–H groups in total. The van der Waals surface area contributed by atoms with Gasteiger partial charge in [0.05, 0.1) is 6.10 Å². The molecule has 0 spiro atoms. The minimum Gasteiger partial charge on any atom is -0.367 e. The highest BCUT2D eigenvalue weighted by atomic mass is 16.5. The average Bonchev–Trinajstić information content (AvgIpc) is 2.25. The van der Waals surface area contributed by atoms with E-state index < -0.39 is 6.10 Å². The largest absolute Gasteiger partial charge is 0.367 e. The van der Waals surface area contributed by atoms with Gasteiger partial charge >= 0.3 is 0 Å². The Morgan fingerprint density at radius 2 is 2.20 bits per heavy atom. The summed E-state index contributed by atoms with van der Waals surface area (Å²) in [6.45, 7) is 1.92. The summed E-state index contributed by atoms with van der Waals surface area (Å²) in [6.07, 6.45) is 4.93. The number of nitrogens with one attached hydrogen (secondary N) is 1. The van der Waals surface area contributed by atoms with Crippen LogP contribution in [-0.4, -0.2) is 31.2 Å². The standard InChI is InChI=1S/C11H22N2O2/c1-3-9(11(12)14)15-10-7-5-4-6-8(10)13-2/h8-10,13H,3-7H2,1-2H3,(H2,12,14). The van der Waals surface area contributed by atoms with Gasteiger partial charge in [-0.1, -0.05) is 19.8 Å². The van der Waals surface area contributed by atoms with Gasteiger partial charge in [-0.05, 0) is 26.3 Å². The first-order valence-electron chi connectivity index (χ1n) is 5.81. The number of carbonyl (C=O) groups is 1. The topological polar surface area (TPSA) is 64.3 Å². The summed E-state index contributed by atoms with van der Waals surface area (Å²) in [5.41, 5.74) is 5.27. The summed E-state index contributed by atoms with van der Waals surface area (Å²) in [5.74, 6) is -0.349. The lowest BCUT2D eigenvalue weighted by molar-refractivity contribution is -0.136. The van der Waals surface area contributed by atoms with Crippen LogP contribution in [0.5, 0.6) is 0 Å². The Balaban J connectivity index is 2.49. The van der Waals surface area contributed by atoms with Crippen molar-refractivity contribution < 1.29 is 9.53 Å². The van der Waals surface area contributed by atoms with Gasteiger partial charge in [0.2, 0.25) is 5.91 Å². The van der Waals surface area contributed by atoms with Gasteiger partial charge in [0.15, 0.2) is 0 Å². The minimum absolute atomic E-state index is 0.140. The van der Waals surface area contributed by atoms with Gasteiger partial charge in [0.1, 0.15) is 6.10 Å². The van der Waals surface area contributed by atoms with Crippen molar-refractivity contribution in [2.24, 2.45) is 5.73 Å². The lowest BCUT2D eigenvalue weighted by Gasteiger charge is -2.33. The van der Waals surface area contributed by atoms with Gasteiger partial charge in [0, 0.05) is 6.04 Å². The van der Waals surface area contributed by atoms with Crippen LogP contribution < -0.4 is 11.1 Å². The van der Waals surface area contributed by atoms with Crippen LogP contribution in [0.15, 0.2) is 0 Å². The van der Waals surface area contributed by atoms with Crippen molar-refractivity contribution in [2.45, 2.75) is 57.3 Å². The highest BCUT2D eigenvalue weighted by molar-refractivity contribution is 5.78. The maximum atomic E-state index is 11.1. The number of rotatable bonds is 5. The Kier molecular flexibility index (Phi) is 5.05. The first kappa shape index (κ1) is 12.5. The maximum absolute atomic E-state index is 11.1. The normalized spacial score (nSPS) is 28.7. The van der Waals surface area contributed by atoms with Crippen LogP contribution >= 0.6 is 0 Å². The monoisotopic (exact) mass is 214 g/mol. The molecule has 0 radical (unpaired) electrons. The number of carbonyl (C=O) groups excluding carboxylic acids is 1. The van der Waals surface area contributed by atoms with Gasteiger partial charge in [0.25, 0.3) is 0 Å². The van der Waals surface area contributed by atoms with Crippen LogP contribution in [0.3, 0.4) is 0 Å². The molecular weight excluding hydrogens is 192 g/mol. The number of ether oxygens (including phenoxy) is 1. The Labute approximate surface area is 91.5 Å². The van der Waals surface area contributed by atoms with Crippen molar-refractivity contribution >= 4 is 5.91 Å². The highest BCUT2D eigenvalue weighted by Crippen LogP contribution is 2.22. The fourth-order valence-corrected chi connectivity index (χ4v) is 2.17. The highest BCUT2D eigenvalue weighted by Gasteiger charge is 2.28. The van der Waals surface area contributed by atoms with E-state index in [2.05, 4.69) is 5.32 Å². The molecule has 0 saturated heterocycles. The Hall–Kier alpha value is -0.610. The van der Waals surface area contributed by atoms with E-state index in [1.165, 1.54) is 12.8 Å². The average molecular weight is 214 g/mol. The van der Waals surface area contributed by atoms with E-state index in [9.17, 15) is 4.79 Å². The van der Waals surface area contributed by atoms with E-state index in [1.54, 1.807) is 0 Å². The van der Waals surface area contributed by atoms with Crippen LogP contribution in [-0.2, 0) is 9.53 Å². The molecule has 3 unspecified atom stereocenters. The van der Waals surface area contributed by atoms with Crippen LogP contribution in [0.1, 0.15) is 39.0 Å². The molecule has 3 atom stereocenters. The minimum atomic E-state index is -0.427. The molecular formula is C11H22N2O2. The molecule has 0 aromatic rings. The number of hydrogen-bond donors (Lipinski definition) is 2. The molecule has 4 nitrogen and oxygen atoms in total. The molecule has 0 aliphatic heterocycles. The molecule has 1 amide bonds. The summed E-state index contributed by atoms with van der Waals surface area (Å²) in [5, 5.41) is 3.25. The third-order valence-corrected chi connectivity index (χ3v) is 3.10. The molecule has 88 valence electrons. The molecule has 0 aromatic carbocycles. The van der Waals surface area contributed by atoms with Crippen LogP contribution in [0, 0.1) is 0 Å². The van der Waals surface area contributed by atoms with Crippen molar-refractivity contribution in [3.05, 3.63) is 0 Å². The second-order valence-electron chi connectivity index (χ2n) is 4.15. The summed E-state index contributed by atoms with van der Waals surface area (Å²) < 4.78 is 5.77. The first-order chi connectivity index (χ1) is 7.19. The number of nitrogens with two attached hydrogens (primary N) is 1. The summed E-state index contributed by atoms with van der Waals surface area (Å²) in [7, 11) is 1.94. The van der Waals surface area contributed by atoms with Gasteiger partial charge in [-0.25, -0.2) is 0 Å². The summed E-state index contributed by atoms with van der Waals surface area (Å²) >= 11 is 0. The second kappa shape index (κ2) is 6.08. The van der Waals surface area contributed by atoms with Crippen LogP contribution in [0.25, 0.3) is 0 Å². The van der Waals surface area contributed by atoms with E-state index in [0.717, 1.165) is 12.8 Å². The number of hydrogen-bond acceptors (Lipinski definition) is 3. The number of primary amides is 1. The fraction of sp³-hybridized carbons (Fsp3) is 0.909. The smallest absolute Gasteiger partial charge is 0.246 e. The Bertz CT molecular complexity index is 209. The first-order valence-corrected chi connectivity index (χ1v) is 5.81. The van der Waals surface area contributed by atoms with Crippen molar-refractivity contribution in [2.75, 3.05) is 7.05 Å². The molecule has 15 heavy (non-hydrogen) atoms. The van der Waals surface area contributed by atoms with E-state index in [1.807, 2.05) is 14.0 Å². The maximum Gasteiger partial charge on any atom is 0.246 e. The molecule has 1 rings (SSSR count). The van der Waals surface area contributed by atoms with Gasteiger partial charge in [-0.3, -0.25) is 4.79 Å². The van der Waals surface area contributed by atoms with Crippen molar-refractivity contribution in [1.82, 2.24) is 5.32 Å². The molecule has 0 aromatic heterocycles. The lowest BCUT2D eigenvalue weighted by Crippen LogP contribution is -2.45. The molecule has 1 fully saturated rings. The van der Waals surface area contributed by atoms with E-state index in [4.69, 9.17) is 10.5 Å². The van der Waals surface area contributed by atoms with E-state index in [0.29, 0.717) is 12.5 Å². The quantitative estimate of drug-likeness (QED) is 0.711.